The summed E-state index contributed by atoms with van der Waals surface area (Å²) >= 11 is 0. The van der Waals surface area contributed by atoms with E-state index in [4.69, 9.17) is 5.73 Å². The predicted octanol–water partition coefficient (Wildman–Crippen LogP) is 2.49. The standard InChI is InChI=1S/C20H26N4O/c1-13-19(14-9-11-24(13)12-10-14)22-20(25)18-8-7-17(23(18)2)15-5-3-4-6-16(15)21/h3-8,13-14,19H,9-12,21H2,1-2H3,(H,22,25)/t13-,19-/m0/s1. The van der Waals surface area contributed by atoms with Gasteiger partial charge in [-0.2, -0.15) is 0 Å². The lowest BCUT2D eigenvalue weighted by Crippen LogP contribution is -2.62. The number of amides is 1. The molecule has 1 aromatic carbocycles. The summed E-state index contributed by atoms with van der Waals surface area (Å²) in [4.78, 5) is 15.4. The molecule has 1 aromatic heterocycles. The van der Waals surface area contributed by atoms with Crippen molar-refractivity contribution < 1.29 is 4.79 Å². The Labute approximate surface area is 148 Å². The van der Waals surface area contributed by atoms with Crippen LogP contribution in [0.25, 0.3) is 11.3 Å². The minimum absolute atomic E-state index is 0.00820. The third-order valence-corrected chi connectivity index (χ3v) is 6.07. The number of benzene rings is 1. The maximum atomic E-state index is 12.9. The molecule has 3 aliphatic heterocycles. The molecule has 0 saturated carbocycles. The zero-order valence-corrected chi connectivity index (χ0v) is 14.9. The van der Waals surface area contributed by atoms with Crippen molar-refractivity contribution in [3.05, 3.63) is 42.1 Å². The van der Waals surface area contributed by atoms with Gasteiger partial charge in [-0.15, -0.1) is 0 Å². The number of nitrogens with one attached hydrogen (secondary N) is 1. The summed E-state index contributed by atoms with van der Waals surface area (Å²) in [6.07, 6.45) is 2.38. The molecule has 2 atom stereocenters. The van der Waals surface area contributed by atoms with Gasteiger partial charge in [0, 0.05) is 30.4 Å². The smallest absolute Gasteiger partial charge is 0.268 e. The van der Waals surface area contributed by atoms with Crippen LogP contribution in [0.1, 0.15) is 30.3 Å². The highest BCUT2D eigenvalue weighted by Crippen LogP contribution is 2.32. The fourth-order valence-corrected chi connectivity index (χ4v) is 4.51. The summed E-state index contributed by atoms with van der Waals surface area (Å²) < 4.78 is 1.94. The minimum Gasteiger partial charge on any atom is -0.398 e. The van der Waals surface area contributed by atoms with Gasteiger partial charge in [0.1, 0.15) is 5.69 Å². The number of rotatable bonds is 3. The van der Waals surface area contributed by atoms with Crippen molar-refractivity contribution in [1.82, 2.24) is 14.8 Å². The molecule has 3 fully saturated rings. The van der Waals surface area contributed by atoms with Crippen LogP contribution in [0.3, 0.4) is 0 Å². The van der Waals surface area contributed by atoms with E-state index in [-0.39, 0.29) is 11.9 Å². The van der Waals surface area contributed by atoms with Gasteiger partial charge in [-0.3, -0.25) is 9.69 Å². The number of carbonyl (C=O) groups excluding carboxylic acids is 1. The van der Waals surface area contributed by atoms with E-state index in [2.05, 4.69) is 17.1 Å². The second-order valence-corrected chi connectivity index (χ2v) is 7.36. The molecule has 1 amide bonds. The Bertz CT molecular complexity index is 787. The first-order valence-corrected chi connectivity index (χ1v) is 9.12. The van der Waals surface area contributed by atoms with E-state index in [1.165, 1.54) is 25.9 Å². The van der Waals surface area contributed by atoms with Gasteiger partial charge in [-0.25, -0.2) is 0 Å². The van der Waals surface area contributed by atoms with Crippen LogP contribution in [-0.4, -0.2) is 40.5 Å². The molecule has 0 spiro atoms. The molecule has 25 heavy (non-hydrogen) atoms. The summed E-state index contributed by atoms with van der Waals surface area (Å²) in [5.74, 6) is 0.613. The molecule has 3 aliphatic rings. The van der Waals surface area contributed by atoms with Crippen LogP contribution in [0.5, 0.6) is 0 Å². The van der Waals surface area contributed by atoms with E-state index in [9.17, 15) is 4.79 Å². The first-order chi connectivity index (χ1) is 12.1. The number of nitrogens with two attached hydrogens (primary N) is 1. The Morgan fingerprint density at radius 2 is 1.88 bits per heavy atom. The van der Waals surface area contributed by atoms with Crippen LogP contribution < -0.4 is 11.1 Å². The lowest BCUT2D eigenvalue weighted by atomic mass is 9.79. The Balaban J connectivity index is 1.57. The highest BCUT2D eigenvalue weighted by molar-refractivity contribution is 5.94. The van der Waals surface area contributed by atoms with Gasteiger partial charge in [-0.05, 0) is 57.0 Å². The number of anilines is 1. The van der Waals surface area contributed by atoms with Gasteiger partial charge in [-0.1, -0.05) is 18.2 Å². The molecule has 0 unspecified atom stereocenters. The monoisotopic (exact) mass is 338 g/mol. The quantitative estimate of drug-likeness (QED) is 0.845. The van der Waals surface area contributed by atoms with E-state index in [0.717, 1.165) is 16.9 Å². The molecule has 5 rings (SSSR count). The van der Waals surface area contributed by atoms with Gasteiger partial charge in [0.15, 0.2) is 0 Å². The van der Waals surface area contributed by atoms with Crippen molar-refractivity contribution in [2.45, 2.75) is 31.8 Å². The second kappa shape index (κ2) is 6.23. The number of nitrogen functional groups attached to an aromatic ring is 1. The molecule has 132 valence electrons. The van der Waals surface area contributed by atoms with Crippen molar-refractivity contribution in [2.24, 2.45) is 13.0 Å². The van der Waals surface area contributed by atoms with Crippen LogP contribution in [-0.2, 0) is 7.05 Å². The number of hydrogen-bond acceptors (Lipinski definition) is 3. The predicted molar refractivity (Wildman–Crippen MR) is 100 cm³/mol. The Hall–Kier alpha value is -2.27. The first kappa shape index (κ1) is 16.2. The average molecular weight is 338 g/mol. The Morgan fingerprint density at radius 3 is 2.56 bits per heavy atom. The maximum absolute atomic E-state index is 12.9. The van der Waals surface area contributed by atoms with Crippen molar-refractivity contribution >= 4 is 11.6 Å². The lowest BCUT2D eigenvalue weighted by molar-refractivity contribution is 0.0215. The fraction of sp³-hybridized carbons (Fsp3) is 0.450. The second-order valence-electron chi connectivity index (χ2n) is 7.36. The molecule has 4 heterocycles. The molecule has 2 bridgehead atoms. The maximum Gasteiger partial charge on any atom is 0.268 e. The third-order valence-electron chi connectivity index (χ3n) is 6.07. The van der Waals surface area contributed by atoms with Crippen molar-refractivity contribution in [1.29, 1.82) is 0 Å². The average Bonchev–Trinajstić information content (AvgIpc) is 3.00. The van der Waals surface area contributed by atoms with Crippen LogP contribution in [0, 0.1) is 5.92 Å². The molecule has 0 aliphatic carbocycles. The topological polar surface area (TPSA) is 63.3 Å². The molecule has 5 heteroatoms. The first-order valence-electron chi connectivity index (χ1n) is 9.12. The summed E-state index contributed by atoms with van der Waals surface area (Å²) in [6, 6.07) is 12.3. The number of hydrogen-bond donors (Lipinski definition) is 2. The SMILES string of the molecule is C[C@H]1[C@H](NC(=O)c2ccc(-c3ccccc3N)n2C)C2CCN1CC2. The van der Waals surface area contributed by atoms with Gasteiger partial charge >= 0.3 is 0 Å². The van der Waals surface area contributed by atoms with Crippen LogP contribution >= 0.6 is 0 Å². The van der Waals surface area contributed by atoms with E-state index in [1.807, 2.05) is 48.0 Å². The molecular weight excluding hydrogens is 312 g/mol. The number of aromatic nitrogens is 1. The fourth-order valence-electron chi connectivity index (χ4n) is 4.51. The van der Waals surface area contributed by atoms with Crippen molar-refractivity contribution in [3.63, 3.8) is 0 Å². The molecule has 2 aromatic rings. The van der Waals surface area contributed by atoms with Gasteiger partial charge in [0.05, 0.1) is 5.69 Å². The van der Waals surface area contributed by atoms with Crippen LogP contribution in [0.2, 0.25) is 0 Å². The van der Waals surface area contributed by atoms with Gasteiger partial charge in [0.25, 0.3) is 5.91 Å². The minimum atomic E-state index is 0.00820. The lowest BCUT2D eigenvalue weighted by Gasteiger charge is -2.49. The van der Waals surface area contributed by atoms with E-state index in [0.29, 0.717) is 17.7 Å². The highest BCUT2D eigenvalue weighted by atomic mass is 16.2. The zero-order chi connectivity index (χ0) is 17.6. The number of para-hydroxylation sites is 1. The van der Waals surface area contributed by atoms with Gasteiger partial charge in [0.2, 0.25) is 0 Å². The number of carbonyl (C=O) groups is 1. The largest absolute Gasteiger partial charge is 0.398 e. The Morgan fingerprint density at radius 1 is 1.16 bits per heavy atom. The number of piperidine rings is 3. The molecular formula is C20H26N4O. The number of nitrogens with zero attached hydrogens (tertiary/aromatic N) is 2. The van der Waals surface area contributed by atoms with Crippen LogP contribution in [0.4, 0.5) is 5.69 Å². The van der Waals surface area contributed by atoms with Crippen molar-refractivity contribution in [2.75, 3.05) is 18.8 Å². The molecule has 0 radical (unpaired) electrons. The van der Waals surface area contributed by atoms with E-state index >= 15 is 0 Å². The van der Waals surface area contributed by atoms with Crippen LogP contribution in [0.15, 0.2) is 36.4 Å². The van der Waals surface area contributed by atoms with E-state index in [1.54, 1.807) is 0 Å². The molecule has 3 N–H and O–H groups in total. The number of fused-ring (bicyclic) bond motifs is 3. The summed E-state index contributed by atoms with van der Waals surface area (Å²) in [5, 5.41) is 3.30. The normalized spacial score (nSPS) is 28.1. The van der Waals surface area contributed by atoms with Gasteiger partial charge < -0.3 is 15.6 Å². The highest BCUT2D eigenvalue weighted by Gasteiger charge is 2.40. The Kier molecular flexibility index (Phi) is 4.04. The molecule has 5 nitrogen and oxygen atoms in total. The summed E-state index contributed by atoms with van der Waals surface area (Å²) in [6.45, 7) is 4.57. The molecule has 3 saturated heterocycles. The summed E-state index contributed by atoms with van der Waals surface area (Å²) in [5.41, 5.74) is 9.42. The van der Waals surface area contributed by atoms with Crippen molar-refractivity contribution in [3.8, 4) is 11.3 Å². The van der Waals surface area contributed by atoms with E-state index < -0.39 is 0 Å². The summed E-state index contributed by atoms with van der Waals surface area (Å²) in [7, 11) is 1.93. The third kappa shape index (κ3) is 2.72. The zero-order valence-electron chi connectivity index (χ0n) is 14.9.